The largest absolute Gasteiger partial charge is 0.493 e. The number of hydrogen-bond donors (Lipinski definition) is 0. The molecule has 1 saturated heterocycles. The van der Waals surface area contributed by atoms with Gasteiger partial charge in [-0.15, -0.1) is 0 Å². The van der Waals surface area contributed by atoms with Gasteiger partial charge in [-0.1, -0.05) is 18.2 Å². The first kappa shape index (κ1) is 24.2. The number of halogens is 1. The van der Waals surface area contributed by atoms with Crippen molar-refractivity contribution in [2.75, 3.05) is 7.11 Å². The third kappa shape index (κ3) is 4.56. The standard InChI is InChI=1S/C29H28FNO5S/c1-35-24-11-18(12-25-26(32)31(28(34)37-25)16-17-2-5-22(30)6-3-17)4-7-23(24)36-27(33)29-13-19-8-20(14-29)10-21(9-19)15-29/h2-7,11-12,19-21H,8-10,13-16H2,1H3. The summed E-state index contributed by atoms with van der Waals surface area (Å²) >= 11 is 0.858. The molecule has 0 N–H and O–H groups in total. The summed E-state index contributed by atoms with van der Waals surface area (Å²) in [7, 11) is 1.51. The van der Waals surface area contributed by atoms with E-state index >= 15 is 0 Å². The normalized spacial score (nSPS) is 29.3. The van der Waals surface area contributed by atoms with Crippen molar-refractivity contribution in [3.63, 3.8) is 0 Å². The maximum absolute atomic E-state index is 13.4. The van der Waals surface area contributed by atoms with E-state index in [1.807, 2.05) is 0 Å². The highest BCUT2D eigenvalue weighted by molar-refractivity contribution is 8.18. The van der Waals surface area contributed by atoms with Crippen LogP contribution in [0.3, 0.4) is 0 Å². The second-order valence-electron chi connectivity index (χ2n) is 10.9. The number of amides is 2. The monoisotopic (exact) mass is 521 g/mol. The molecule has 8 heteroatoms. The first-order chi connectivity index (χ1) is 17.8. The lowest BCUT2D eigenvalue weighted by Crippen LogP contribution is -2.51. The molecule has 0 radical (unpaired) electrons. The summed E-state index contributed by atoms with van der Waals surface area (Å²) in [4.78, 5) is 40.2. The maximum atomic E-state index is 13.4. The Bertz CT molecular complexity index is 1270. The van der Waals surface area contributed by atoms with Crippen molar-refractivity contribution < 1.29 is 28.2 Å². The van der Waals surface area contributed by atoms with Crippen molar-refractivity contribution in [1.82, 2.24) is 4.90 Å². The van der Waals surface area contributed by atoms with Crippen molar-refractivity contribution >= 4 is 35.0 Å². The summed E-state index contributed by atoms with van der Waals surface area (Å²) in [6.07, 6.45) is 8.15. The Labute approximate surface area is 219 Å². The molecule has 5 aliphatic rings. The van der Waals surface area contributed by atoms with Crippen LogP contribution in [-0.4, -0.2) is 29.1 Å². The van der Waals surface area contributed by atoms with E-state index in [0.29, 0.717) is 40.4 Å². The van der Waals surface area contributed by atoms with Crippen LogP contribution in [0.5, 0.6) is 11.5 Å². The Morgan fingerprint density at radius 3 is 2.30 bits per heavy atom. The molecule has 5 fully saturated rings. The van der Waals surface area contributed by atoms with Crippen LogP contribution in [0.15, 0.2) is 47.4 Å². The van der Waals surface area contributed by atoms with E-state index in [2.05, 4.69) is 0 Å². The lowest BCUT2D eigenvalue weighted by Gasteiger charge is -2.55. The van der Waals surface area contributed by atoms with Gasteiger partial charge in [-0.3, -0.25) is 19.3 Å². The predicted molar refractivity (Wildman–Crippen MR) is 137 cm³/mol. The minimum absolute atomic E-state index is 0.0742. The molecule has 0 spiro atoms. The molecule has 7 rings (SSSR count). The molecule has 0 unspecified atom stereocenters. The SMILES string of the molecule is COc1cc(C=C2SC(=O)N(Cc3ccc(F)cc3)C2=O)ccc1OC(=O)C12CC3CC(CC(C3)C1)C2. The van der Waals surface area contributed by atoms with E-state index < -0.39 is 5.91 Å². The Morgan fingerprint density at radius 2 is 1.68 bits per heavy atom. The van der Waals surface area contributed by atoms with Gasteiger partial charge in [-0.05, 0) is 110 Å². The molecule has 0 atom stereocenters. The molecular formula is C29H28FNO5S. The number of carbonyl (C=O) groups excluding carboxylic acids is 3. The number of benzene rings is 2. The summed E-state index contributed by atoms with van der Waals surface area (Å²) in [6.45, 7) is 0.0742. The van der Waals surface area contributed by atoms with Crippen molar-refractivity contribution in [3.8, 4) is 11.5 Å². The molecule has 1 heterocycles. The smallest absolute Gasteiger partial charge is 0.317 e. The summed E-state index contributed by atoms with van der Waals surface area (Å²) < 4.78 is 24.6. The van der Waals surface area contributed by atoms with Crippen LogP contribution < -0.4 is 9.47 Å². The second kappa shape index (κ2) is 9.31. The third-order valence-corrected chi connectivity index (χ3v) is 9.19. The fourth-order valence-corrected chi connectivity index (χ4v) is 7.83. The second-order valence-corrected chi connectivity index (χ2v) is 11.9. The first-order valence-electron chi connectivity index (χ1n) is 12.7. The fraction of sp³-hybridized carbons (Fsp3) is 0.414. The van der Waals surface area contributed by atoms with Crippen LogP contribution in [0.25, 0.3) is 6.08 Å². The van der Waals surface area contributed by atoms with Crippen LogP contribution in [0.1, 0.15) is 49.7 Å². The quantitative estimate of drug-likeness (QED) is 0.256. The van der Waals surface area contributed by atoms with Crippen molar-refractivity contribution in [2.24, 2.45) is 23.2 Å². The van der Waals surface area contributed by atoms with Gasteiger partial charge in [-0.25, -0.2) is 4.39 Å². The molecule has 4 aliphatic carbocycles. The van der Waals surface area contributed by atoms with Gasteiger partial charge < -0.3 is 9.47 Å². The fourth-order valence-electron chi connectivity index (χ4n) is 6.99. The Balaban J connectivity index is 1.17. The van der Waals surface area contributed by atoms with E-state index in [0.717, 1.165) is 35.9 Å². The number of hydrogen-bond acceptors (Lipinski definition) is 6. The van der Waals surface area contributed by atoms with Gasteiger partial charge in [0.2, 0.25) is 0 Å². The van der Waals surface area contributed by atoms with Crippen LogP contribution in [0.4, 0.5) is 9.18 Å². The maximum Gasteiger partial charge on any atom is 0.317 e. The van der Waals surface area contributed by atoms with E-state index in [9.17, 15) is 18.8 Å². The number of ether oxygens (including phenoxy) is 2. The highest BCUT2D eigenvalue weighted by Crippen LogP contribution is 2.60. The molecule has 4 bridgehead atoms. The Kier molecular flexibility index (Phi) is 6.10. The van der Waals surface area contributed by atoms with Crippen molar-refractivity contribution in [1.29, 1.82) is 0 Å². The zero-order chi connectivity index (χ0) is 25.7. The molecule has 37 heavy (non-hydrogen) atoms. The molecule has 192 valence electrons. The number of carbonyl (C=O) groups is 3. The predicted octanol–water partition coefficient (Wildman–Crippen LogP) is 6.19. The average molecular weight is 522 g/mol. The van der Waals surface area contributed by atoms with Gasteiger partial charge in [0.15, 0.2) is 11.5 Å². The summed E-state index contributed by atoms with van der Waals surface area (Å²) in [5.41, 5.74) is 0.942. The van der Waals surface area contributed by atoms with E-state index in [1.54, 1.807) is 36.4 Å². The van der Waals surface area contributed by atoms with E-state index in [1.165, 1.54) is 38.5 Å². The zero-order valence-corrected chi connectivity index (χ0v) is 21.4. The highest BCUT2D eigenvalue weighted by atomic mass is 32.2. The first-order valence-corrected chi connectivity index (χ1v) is 13.5. The Hall–Kier alpha value is -3.13. The van der Waals surface area contributed by atoms with E-state index in [-0.39, 0.29) is 33.9 Å². The molecule has 2 aromatic carbocycles. The zero-order valence-electron chi connectivity index (χ0n) is 20.6. The van der Waals surface area contributed by atoms with Crippen molar-refractivity contribution in [3.05, 3.63) is 64.3 Å². The molecule has 2 amide bonds. The van der Waals surface area contributed by atoms with Gasteiger partial charge in [0.25, 0.3) is 11.1 Å². The van der Waals surface area contributed by atoms with Crippen molar-refractivity contribution in [2.45, 2.75) is 45.1 Å². The Morgan fingerprint density at radius 1 is 1.03 bits per heavy atom. The van der Waals surface area contributed by atoms with Gasteiger partial charge >= 0.3 is 5.97 Å². The topological polar surface area (TPSA) is 72.9 Å². The summed E-state index contributed by atoms with van der Waals surface area (Å²) in [5, 5.41) is -0.381. The summed E-state index contributed by atoms with van der Waals surface area (Å²) in [5.74, 6) is 1.75. The van der Waals surface area contributed by atoms with Crippen LogP contribution >= 0.6 is 11.8 Å². The van der Waals surface area contributed by atoms with Gasteiger partial charge in [0, 0.05) is 0 Å². The average Bonchev–Trinajstić information content (AvgIpc) is 3.12. The molecule has 0 aromatic heterocycles. The van der Waals surface area contributed by atoms with Gasteiger partial charge in [0.05, 0.1) is 24.0 Å². The van der Waals surface area contributed by atoms with Crippen LogP contribution in [0, 0.1) is 29.0 Å². The number of methoxy groups -OCH3 is 1. The molecule has 6 nitrogen and oxygen atoms in total. The molecular weight excluding hydrogens is 493 g/mol. The molecule has 4 saturated carbocycles. The van der Waals surface area contributed by atoms with E-state index in [4.69, 9.17) is 9.47 Å². The highest BCUT2D eigenvalue weighted by Gasteiger charge is 2.55. The lowest BCUT2D eigenvalue weighted by atomic mass is 9.49. The minimum Gasteiger partial charge on any atom is -0.493 e. The number of imide groups is 1. The molecule has 1 aliphatic heterocycles. The summed E-state index contributed by atoms with van der Waals surface area (Å²) in [6, 6.07) is 10.8. The number of thioether (sulfide) groups is 1. The third-order valence-electron chi connectivity index (χ3n) is 8.29. The number of rotatable bonds is 6. The number of esters is 1. The number of nitrogens with zero attached hydrogens (tertiary/aromatic N) is 1. The lowest BCUT2D eigenvalue weighted by molar-refractivity contribution is -0.161. The van der Waals surface area contributed by atoms with Crippen LogP contribution in [0.2, 0.25) is 0 Å². The van der Waals surface area contributed by atoms with Gasteiger partial charge in [0.1, 0.15) is 5.82 Å². The van der Waals surface area contributed by atoms with Crippen LogP contribution in [-0.2, 0) is 16.1 Å². The van der Waals surface area contributed by atoms with Gasteiger partial charge in [-0.2, -0.15) is 0 Å². The molecule has 2 aromatic rings. The minimum atomic E-state index is -0.407.